The minimum atomic E-state index is -3.82. The number of hydrogen-bond donors (Lipinski definition) is 1. The van der Waals surface area contributed by atoms with E-state index in [0.717, 1.165) is 31.2 Å². The quantitative estimate of drug-likeness (QED) is 0.312. The van der Waals surface area contributed by atoms with E-state index < -0.39 is 16.1 Å². The van der Waals surface area contributed by atoms with E-state index in [4.69, 9.17) is 11.6 Å². The van der Waals surface area contributed by atoms with Gasteiger partial charge in [0.25, 0.3) is 5.91 Å². The number of aryl methyl sites for hydroxylation is 3. The second-order valence-electron chi connectivity index (χ2n) is 12.0. The van der Waals surface area contributed by atoms with Crippen molar-refractivity contribution in [1.82, 2.24) is 9.21 Å². The first-order valence-electron chi connectivity index (χ1n) is 15.0. The van der Waals surface area contributed by atoms with Crippen LogP contribution in [0.3, 0.4) is 0 Å². The molecule has 0 spiro atoms. The van der Waals surface area contributed by atoms with Crippen molar-refractivity contribution in [1.29, 1.82) is 0 Å². The summed E-state index contributed by atoms with van der Waals surface area (Å²) in [4.78, 5) is 28.4. The number of halogens is 1. The van der Waals surface area contributed by atoms with Crippen molar-refractivity contribution < 1.29 is 18.0 Å². The molecule has 1 atom stereocenters. The summed E-state index contributed by atoms with van der Waals surface area (Å²) in [5.41, 5.74) is 4.92. The Bertz CT molecular complexity index is 1570. The van der Waals surface area contributed by atoms with Gasteiger partial charge in [0.2, 0.25) is 15.9 Å². The highest BCUT2D eigenvalue weighted by Crippen LogP contribution is 2.36. The lowest BCUT2D eigenvalue weighted by Gasteiger charge is -2.35. The molecule has 0 bridgehead atoms. The van der Waals surface area contributed by atoms with Crippen molar-refractivity contribution in [3.8, 4) is 0 Å². The second-order valence-corrected chi connectivity index (χ2v) is 14.3. The summed E-state index contributed by atoms with van der Waals surface area (Å²) in [6, 6.07) is 18.1. The summed E-state index contributed by atoms with van der Waals surface area (Å²) in [7, 11) is -1.94. The third-order valence-electron chi connectivity index (χ3n) is 8.98. The van der Waals surface area contributed by atoms with E-state index in [1.807, 2.05) is 69.1 Å². The van der Waals surface area contributed by atoms with Crippen molar-refractivity contribution in [2.45, 2.75) is 82.2 Å². The monoisotopic (exact) mass is 621 g/mol. The molecule has 43 heavy (non-hydrogen) atoms. The lowest BCUT2D eigenvalue weighted by atomic mass is 9.81. The van der Waals surface area contributed by atoms with Crippen molar-refractivity contribution in [2.75, 3.05) is 18.9 Å². The minimum absolute atomic E-state index is 0.0120. The van der Waals surface area contributed by atoms with Crippen LogP contribution in [0.1, 0.15) is 77.1 Å². The fraction of sp³-hybridized carbons (Fsp3) is 0.412. The number of sulfonamides is 1. The van der Waals surface area contributed by atoms with Gasteiger partial charge in [0.15, 0.2) is 0 Å². The van der Waals surface area contributed by atoms with Gasteiger partial charge in [-0.1, -0.05) is 41.4 Å². The molecule has 1 heterocycles. The Hall–Kier alpha value is -3.20. The molecule has 2 amide bonds. The van der Waals surface area contributed by atoms with E-state index in [2.05, 4.69) is 5.32 Å². The van der Waals surface area contributed by atoms with E-state index in [-0.39, 0.29) is 17.9 Å². The first-order valence-corrected chi connectivity index (χ1v) is 16.8. The molecule has 1 aliphatic heterocycles. The first kappa shape index (κ1) is 31.2. The van der Waals surface area contributed by atoms with Crippen LogP contribution in [0.25, 0.3) is 0 Å². The number of nitrogens with one attached hydrogen (secondary N) is 1. The minimum Gasteiger partial charge on any atom is -0.339 e. The number of anilines is 1. The van der Waals surface area contributed by atoms with Gasteiger partial charge in [0.05, 0.1) is 4.90 Å². The van der Waals surface area contributed by atoms with Crippen LogP contribution in [0.5, 0.6) is 0 Å². The maximum atomic E-state index is 13.7. The number of carbonyl (C=O) groups is 2. The molecule has 228 valence electrons. The lowest BCUT2D eigenvalue weighted by Crippen LogP contribution is -2.43. The fourth-order valence-electron chi connectivity index (χ4n) is 6.80. The number of hydrogen-bond acceptors (Lipinski definition) is 4. The van der Waals surface area contributed by atoms with Gasteiger partial charge in [0, 0.05) is 35.9 Å². The molecule has 0 radical (unpaired) electrons. The first-order chi connectivity index (χ1) is 20.5. The SMILES string of the molecule is Cc1cc(C)c(S(=O)(=O)N2CCCC2C(=O)Nc2ccc(C3CCC(N(C)C(=O)c4ccc(Cl)cc4)CC3)cc2)c(C)c1. The Morgan fingerprint density at radius 1 is 0.884 bits per heavy atom. The number of nitrogens with zero attached hydrogens (tertiary/aromatic N) is 2. The molecule has 3 aromatic carbocycles. The number of carbonyl (C=O) groups excluding carboxylic acids is 2. The number of benzene rings is 3. The Morgan fingerprint density at radius 2 is 1.49 bits per heavy atom. The van der Waals surface area contributed by atoms with E-state index in [0.29, 0.717) is 57.6 Å². The highest BCUT2D eigenvalue weighted by Gasteiger charge is 2.40. The van der Waals surface area contributed by atoms with E-state index in [1.54, 1.807) is 24.3 Å². The molecule has 2 fully saturated rings. The second kappa shape index (κ2) is 12.8. The van der Waals surface area contributed by atoms with Crippen LogP contribution in [0.15, 0.2) is 65.6 Å². The number of rotatable bonds is 7. The van der Waals surface area contributed by atoms with Crippen molar-refractivity contribution in [2.24, 2.45) is 0 Å². The van der Waals surface area contributed by atoms with Gasteiger partial charge in [-0.15, -0.1) is 0 Å². The van der Waals surface area contributed by atoms with Crippen LogP contribution < -0.4 is 5.32 Å². The predicted octanol–water partition coefficient (Wildman–Crippen LogP) is 6.86. The molecule has 1 unspecified atom stereocenters. The summed E-state index contributed by atoms with van der Waals surface area (Å²) in [6.45, 7) is 5.90. The summed E-state index contributed by atoms with van der Waals surface area (Å²) < 4.78 is 28.7. The molecule has 9 heteroatoms. The van der Waals surface area contributed by atoms with Gasteiger partial charge in [-0.25, -0.2) is 8.42 Å². The Balaban J connectivity index is 1.19. The Kier molecular flexibility index (Phi) is 9.30. The van der Waals surface area contributed by atoms with Crippen LogP contribution in [0, 0.1) is 20.8 Å². The third-order valence-corrected chi connectivity index (χ3v) is 11.4. The zero-order valence-corrected chi connectivity index (χ0v) is 26.8. The van der Waals surface area contributed by atoms with Crippen molar-refractivity contribution in [3.05, 3.63) is 93.5 Å². The zero-order chi connectivity index (χ0) is 30.9. The van der Waals surface area contributed by atoms with E-state index in [9.17, 15) is 18.0 Å². The normalized spacial score (nSPS) is 21.0. The van der Waals surface area contributed by atoms with Gasteiger partial charge in [-0.3, -0.25) is 9.59 Å². The average Bonchev–Trinajstić information content (AvgIpc) is 3.48. The Morgan fingerprint density at radius 3 is 2.09 bits per heavy atom. The standard InChI is InChI=1S/C34H40ClN3O4S/c1-22-20-23(2)32(24(3)21-22)43(41,42)38-19-5-6-31(38)33(39)36-29-15-9-25(10-16-29)26-11-17-30(18-12-26)37(4)34(40)27-7-13-28(35)14-8-27/h7-10,13-16,20-21,26,30-31H,5-6,11-12,17-19H2,1-4H3,(H,36,39). The molecule has 2 aliphatic rings. The highest BCUT2D eigenvalue weighted by molar-refractivity contribution is 7.89. The highest BCUT2D eigenvalue weighted by atomic mass is 35.5. The summed E-state index contributed by atoms with van der Waals surface area (Å²) in [5, 5.41) is 3.57. The molecule has 1 saturated carbocycles. The molecule has 1 aliphatic carbocycles. The largest absolute Gasteiger partial charge is 0.339 e. The Labute approximate surface area is 260 Å². The van der Waals surface area contributed by atoms with Crippen molar-refractivity contribution in [3.63, 3.8) is 0 Å². The summed E-state index contributed by atoms with van der Waals surface area (Å²) in [6.07, 6.45) is 4.92. The average molecular weight is 622 g/mol. The van der Waals surface area contributed by atoms with Gasteiger partial charge >= 0.3 is 0 Å². The maximum absolute atomic E-state index is 13.7. The molecule has 1 saturated heterocycles. The molecule has 0 aromatic heterocycles. The van der Waals surface area contributed by atoms with Crippen LogP contribution in [0.4, 0.5) is 5.69 Å². The fourth-order valence-corrected chi connectivity index (χ4v) is 9.00. The van der Waals surface area contributed by atoms with Crippen LogP contribution >= 0.6 is 11.6 Å². The van der Waals surface area contributed by atoms with Gasteiger partial charge < -0.3 is 10.2 Å². The third kappa shape index (κ3) is 6.66. The van der Waals surface area contributed by atoms with E-state index in [1.165, 1.54) is 9.87 Å². The summed E-state index contributed by atoms with van der Waals surface area (Å²) >= 11 is 5.97. The smallest absolute Gasteiger partial charge is 0.253 e. The molecular weight excluding hydrogens is 582 g/mol. The number of amides is 2. The molecule has 1 N–H and O–H groups in total. The van der Waals surface area contributed by atoms with Crippen LogP contribution in [0.2, 0.25) is 5.02 Å². The maximum Gasteiger partial charge on any atom is 0.253 e. The topological polar surface area (TPSA) is 86.8 Å². The van der Waals surface area contributed by atoms with E-state index >= 15 is 0 Å². The molecule has 7 nitrogen and oxygen atoms in total. The zero-order valence-electron chi connectivity index (χ0n) is 25.3. The van der Waals surface area contributed by atoms with Crippen LogP contribution in [-0.4, -0.2) is 55.1 Å². The van der Waals surface area contributed by atoms with Crippen LogP contribution in [-0.2, 0) is 14.8 Å². The molecule has 5 rings (SSSR count). The molecular formula is C34H40ClN3O4S. The van der Waals surface area contributed by atoms with Crippen molar-refractivity contribution >= 4 is 39.1 Å². The summed E-state index contributed by atoms with van der Waals surface area (Å²) in [5.74, 6) is 0.0969. The van der Waals surface area contributed by atoms with Gasteiger partial charge in [-0.2, -0.15) is 4.31 Å². The van der Waals surface area contributed by atoms with Gasteiger partial charge in [0.1, 0.15) is 6.04 Å². The predicted molar refractivity (Wildman–Crippen MR) is 171 cm³/mol. The van der Waals surface area contributed by atoms with Gasteiger partial charge in [-0.05, 0) is 118 Å². The molecule has 3 aromatic rings. The lowest BCUT2D eigenvalue weighted by molar-refractivity contribution is -0.119.